The first-order chi connectivity index (χ1) is 6.50. The molecule has 0 aliphatic rings. The van der Waals surface area contributed by atoms with Gasteiger partial charge in [-0.2, -0.15) is 0 Å². The predicted molar refractivity (Wildman–Crippen MR) is 47.6 cm³/mol. The number of carbonyl (C=O) groups is 1. The Morgan fingerprint density at radius 2 is 2.14 bits per heavy atom. The van der Waals surface area contributed by atoms with Crippen molar-refractivity contribution in [3.05, 3.63) is 23.8 Å². The Hall–Kier alpha value is -1.75. The van der Waals surface area contributed by atoms with Crippen LogP contribution >= 0.6 is 0 Å². The molecule has 14 heavy (non-hydrogen) atoms. The minimum absolute atomic E-state index is 0.0743. The molecule has 4 N–H and O–H groups in total. The van der Waals surface area contributed by atoms with Gasteiger partial charge in [-0.25, -0.2) is 0 Å². The molecule has 0 bridgehead atoms. The highest BCUT2D eigenvalue weighted by Gasteiger charge is 2.13. The molecule has 0 saturated carbocycles. The highest BCUT2D eigenvalue weighted by molar-refractivity contribution is 5.73. The van der Waals surface area contributed by atoms with Gasteiger partial charge in [-0.3, -0.25) is 9.90 Å². The average Bonchev–Trinajstić information content (AvgIpc) is 2.11. The van der Waals surface area contributed by atoms with Gasteiger partial charge in [0.25, 0.3) is 0 Å². The van der Waals surface area contributed by atoms with Crippen molar-refractivity contribution in [2.24, 2.45) is 5.73 Å². The van der Waals surface area contributed by atoms with Gasteiger partial charge in [0.15, 0.2) is 5.75 Å². The normalized spacial score (nSPS) is 12.4. The smallest absolute Gasteiger partial charge is 0.320 e. The lowest BCUT2D eigenvalue weighted by atomic mass is 10.1. The molecular weight excluding hydrogens is 186 g/mol. The third kappa shape index (κ3) is 2.37. The van der Waals surface area contributed by atoms with E-state index >= 15 is 0 Å². The van der Waals surface area contributed by atoms with E-state index in [2.05, 4.69) is 0 Å². The van der Waals surface area contributed by atoms with Crippen molar-refractivity contribution in [3.63, 3.8) is 0 Å². The number of phenols is 1. The first-order valence-corrected chi connectivity index (χ1v) is 3.98. The fourth-order valence-corrected chi connectivity index (χ4v) is 1.03. The van der Waals surface area contributed by atoms with Gasteiger partial charge in [0.2, 0.25) is 5.75 Å². The zero-order chi connectivity index (χ0) is 10.7. The first kappa shape index (κ1) is 10.3. The van der Waals surface area contributed by atoms with Crippen molar-refractivity contribution in [3.8, 4) is 11.5 Å². The Kier molecular flexibility index (Phi) is 2.93. The second kappa shape index (κ2) is 3.97. The maximum atomic E-state index is 11.0. The van der Waals surface area contributed by atoms with Crippen LogP contribution in [0.3, 0.4) is 0 Å². The molecule has 0 aliphatic heterocycles. The van der Waals surface area contributed by atoms with E-state index < -0.39 is 17.8 Å². The third-order valence-electron chi connectivity index (χ3n) is 1.80. The Bertz CT molecular complexity index is 351. The molecule has 0 aromatic heterocycles. The number of benzene rings is 1. The molecule has 0 aliphatic carbocycles. The number of carboxylic acid groups (broad SMARTS) is 1. The zero-order valence-corrected chi connectivity index (χ0v) is 7.30. The molecule has 5 nitrogen and oxygen atoms in total. The number of aromatic hydroxyl groups is 1. The van der Waals surface area contributed by atoms with Crippen LogP contribution in [0.4, 0.5) is 0 Å². The molecule has 0 spiro atoms. The molecule has 1 radical (unpaired) electrons. The Morgan fingerprint density at radius 3 is 2.64 bits per heavy atom. The van der Waals surface area contributed by atoms with Crippen molar-refractivity contribution >= 4 is 5.97 Å². The molecular formula is C9H10NO4. The molecule has 0 saturated heterocycles. The lowest BCUT2D eigenvalue weighted by Crippen LogP contribution is -2.32. The van der Waals surface area contributed by atoms with Gasteiger partial charge in [-0.1, -0.05) is 6.07 Å². The molecule has 1 rings (SSSR count). The molecule has 0 unspecified atom stereocenters. The molecule has 0 amide bonds. The van der Waals surface area contributed by atoms with Gasteiger partial charge in [0, 0.05) is 0 Å². The predicted octanol–water partition coefficient (Wildman–Crippen LogP) is 0.490. The van der Waals surface area contributed by atoms with Gasteiger partial charge in [0.05, 0.1) is 0 Å². The molecule has 1 atom stereocenters. The van der Waals surface area contributed by atoms with Crippen LogP contribution in [-0.4, -0.2) is 22.2 Å². The van der Waals surface area contributed by atoms with E-state index in [4.69, 9.17) is 15.9 Å². The average molecular weight is 196 g/mol. The minimum Gasteiger partial charge on any atom is -0.504 e. The summed E-state index contributed by atoms with van der Waals surface area (Å²) < 4.78 is 0. The van der Waals surface area contributed by atoms with Crippen molar-refractivity contribution in [1.29, 1.82) is 0 Å². The molecule has 0 heterocycles. The molecule has 1 aromatic rings. The quantitative estimate of drug-likeness (QED) is 0.654. The largest absolute Gasteiger partial charge is 0.504 e. The topological polar surface area (TPSA) is 103 Å². The van der Waals surface area contributed by atoms with Crippen LogP contribution in [0, 0.1) is 0 Å². The number of hydrogen-bond acceptors (Lipinski definition) is 3. The van der Waals surface area contributed by atoms with Gasteiger partial charge in [-0.05, 0) is 24.1 Å². The minimum atomic E-state index is -1.12. The number of nitrogens with two attached hydrogens (primary N) is 1. The second-order valence-corrected chi connectivity index (χ2v) is 2.95. The highest BCUT2D eigenvalue weighted by Crippen LogP contribution is 2.25. The number of carboxylic acids is 1. The third-order valence-corrected chi connectivity index (χ3v) is 1.80. The summed E-state index contributed by atoms with van der Waals surface area (Å²) in [5.41, 5.74) is 5.78. The maximum absolute atomic E-state index is 11.0. The number of phenolic OH excluding ortho intramolecular Hbond substituents is 1. The molecule has 5 heteroatoms. The molecule has 0 fully saturated rings. The summed E-state index contributed by atoms with van der Waals surface area (Å²) in [6.07, 6.45) is 0.0743. The van der Waals surface area contributed by atoms with E-state index in [1.54, 1.807) is 0 Å². The molecule has 1 aromatic carbocycles. The second-order valence-electron chi connectivity index (χ2n) is 2.95. The van der Waals surface area contributed by atoms with E-state index in [9.17, 15) is 9.90 Å². The lowest BCUT2D eigenvalue weighted by molar-refractivity contribution is -0.138. The summed E-state index contributed by atoms with van der Waals surface area (Å²) >= 11 is 0. The van der Waals surface area contributed by atoms with E-state index in [1.165, 1.54) is 18.2 Å². The van der Waals surface area contributed by atoms with Crippen LogP contribution in [0.25, 0.3) is 0 Å². The maximum Gasteiger partial charge on any atom is 0.320 e. The summed E-state index contributed by atoms with van der Waals surface area (Å²) in [4.78, 5) is 10.4. The van der Waals surface area contributed by atoms with Crippen molar-refractivity contribution < 1.29 is 20.1 Å². The number of aliphatic carboxylic acids is 1. The Labute approximate surface area is 80.4 Å². The number of rotatable bonds is 3. The summed E-state index contributed by atoms with van der Waals surface area (Å²) in [5.74, 6) is -2.00. The highest BCUT2D eigenvalue weighted by atomic mass is 16.4. The fourth-order valence-electron chi connectivity index (χ4n) is 1.03. The van der Waals surface area contributed by atoms with E-state index in [-0.39, 0.29) is 12.2 Å². The number of hydrogen-bond donors (Lipinski definition) is 3. The fraction of sp³-hybridized carbons (Fsp3) is 0.222. The van der Waals surface area contributed by atoms with Crippen LogP contribution in [0.5, 0.6) is 11.5 Å². The van der Waals surface area contributed by atoms with E-state index in [0.29, 0.717) is 5.56 Å². The van der Waals surface area contributed by atoms with Gasteiger partial charge in [0.1, 0.15) is 6.04 Å². The van der Waals surface area contributed by atoms with Crippen LogP contribution in [0.1, 0.15) is 5.56 Å². The van der Waals surface area contributed by atoms with E-state index in [1.807, 2.05) is 0 Å². The van der Waals surface area contributed by atoms with Gasteiger partial charge >= 0.3 is 5.97 Å². The summed E-state index contributed by atoms with van der Waals surface area (Å²) in [7, 11) is 0. The van der Waals surface area contributed by atoms with Crippen LogP contribution in [-0.2, 0) is 16.3 Å². The summed E-state index contributed by atoms with van der Waals surface area (Å²) in [5, 5.41) is 28.4. The monoisotopic (exact) mass is 196 g/mol. The summed E-state index contributed by atoms with van der Waals surface area (Å²) in [6.45, 7) is 0. The van der Waals surface area contributed by atoms with Crippen molar-refractivity contribution in [2.45, 2.75) is 12.5 Å². The van der Waals surface area contributed by atoms with Crippen LogP contribution in [0.15, 0.2) is 18.2 Å². The Balaban J connectivity index is 2.78. The van der Waals surface area contributed by atoms with Crippen LogP contribution < -0.4 is 5.73 Å². The Morgan fingerprint density at radius 1 is 1.50 bits per heavy atom. The van der Waals surface area contributed by atoms with Crippen LogP contribution in [0.2, 0.25) is 0 Å². The van der Waals surface area contributed by atoms with Gasteiger partial charge < -0.3 is 15.9 Å². The van der Waals surface area contributed by atoms with Gasteiger partial charge in [-0.15, -0.1) is 0 Å². The first-order valence-electron chi connectivity index (χ1n) is 3.98. The summed E-state index contributed by atoms with van der Waals surface area (Å²) in [6, 6.07) is 2.85. The van der Waals surface area contributed by atoms with Crippen molar-refractivity contribution in [1.82, 2.24) is 0 Å². The molecule has 75 valence electrons. The zero-order valence-electron chi connectivity index (χ0n) is 7.30. The lowest BCUT2D eigenvalue weighted by Gasteiger charge is -2.06. The van der Waals surface area contributed by atoms with E-state index in [0.717, 1.165) is 0 Å². The SMILES string of the molecule is N[C@@H](Cc1ccc(O)c([O])c1)C(=O)O. The van der Waals surface area contributed by atoms with Crippen molar-refractivity contribution in [2.75, 3.05) is 0 Å². The standard InChI is InChI=1S/C9H10NO4/c10-6(9(13)14)3-5-1-2-7(11)8(12)4-5/h1-2,4,6,11H,3,10H2,(H,13,14)/t6-/m0/s1.